The first-order chi connectivity index (χ1) is 10.7. The maximum Gasteiger partial charge on any atom is 0.338 e. The van der Waals surface area contributed by atoms with Crippen LogP contribution in [0.5, 0.6) is 0 Å². The number of carbonyl (C=O) groups is 2. The van der Waals surface area contributed by atoms with Crippen LogP contribution in [0.2, 0.25) is 0 Å². The van der Waals surface area contributed by atoms with Gasteiger partial charge in [0, 0.05) is 5.56 Å². The summed E-state index contributed by atoms with van der Waals surface area (Å²) in [6.45, 7) is 2.09. The quantitative estimate of drug-likeness (QED) is 0.834. The van der Waals surface area contributed by atoms with Crippen LogP contribution in [0.15, 0.2) is 60.7 Å². The molecule has 1 amide bonds. The second-order valence-electron chi connectivity index (χ2n) is 4.91. The highest BCUT2D eigenvalue weighted by Crippen LogP contribution is 2.04. The number of nitrogens with one attached hydrogen (secondary N) is 1. The van der Waals surface area contributed by atoms with Crippen molar-refractivity contribution in [3.8, 4) is 0 Å². The minimum atomic E-state index is -0.381. The third kappa shape index (κ3) is 4.45. The number of hydrogen-bond acceptors (Lipinski definition) is 3. The van der Waals surface area contributed by atoms with Crippen molar-refractivity contribution in [2.24, 2.45) is 0 Å². The van der Waals surface area contributed by atoms with Gasteiger partial charge >= 0.3 is 5.97 Å². The van der Waals surface area contributed by atoms with Crippen LogP contribution in [-0.4, -0.2) is 24.5 Å². The van der Waals surface area contributed by atoms with Crippen molar-refractivity contribution in [2.45, 2.75) is 19.4 Å². The van der Waals surface area contributed by atoms with Gasteiger partial charge in [-0.2, -0.15) is 0 Å². The molecule has 4 nitrogen and oxygen atoms in total. The standard InChI is InChI=1S/C18H19NO3/c1-2-16(19-17(20)14-9-5-3-6-10-14)13-22-18(21)15-11-7-4-8-12-15/h3-12,16H,2,13H2,1H3,(H,19,20)/t16-/m1/s1. The second kappa shape index (κ2) is 7.98. The first-order valence-electron chi connectivity index (χ1n) is 7.28. The highest BCUT2D eigenvalue weighted by molar-refractivity contribution is 5.94. The van der Waals surface area contributed by atoms with Gasteiger partial charge in [-0.05, 0) is 30.7 Å². The zero-order valence-electron chi connectivity index (χ0n) is 12.5. The molecule has 0 radical (unpaired) electrons. The molecule has 0 saturated heterocycles. The second-order valence-corrected chi connectivity index (χ2v) is 4.91. The van der Waals surface area contributed by atoms with Crippen LogP contribution >= 0.6 is 0 Å². The fourth-order valence-electron chi connectivity index (χ4n) is 1.95. The monoisotopic (exact) mass is 297 g/mol. The SMILES string of the molecule is CC[C@H](COC(=O)c1ccccc1)NC(=O)c1ccccc1. The molecule has 0 spiro atoms. The summed E-state index contributed by atoms with van der Waals surface area (Å²) in [5, 5.41) is 2.87. The van der Waals surface area contributed by atoms with Crippen LogP contribution in [0.25, 0.3) is 0 Å². The van der Waals surface area contributed by atoms with Gasteiger partial charge in [0.1, 0.15) is 6.61 Å². The van der Waals surface area contributed by atoms with Crippen molar-refractivity contribution in [3.05, 3.63) is 71.8 Å². The van der Waals surface area contributed by atoms with Gasteiger partial charge in [-0.3, -0.25) is 4.79 Å². The van der Waals surface area contributed by atoms with E-state index in [0.29, 0.717) is 17.5 Å². The van der Waals surface area contributed by atoms with Crippen molar-refractivity contribution >= 4 is 11.9 Å². The van der Waals surface area contributed by atoms with Crippen LogP contribution in [-0.2, 0) is 4.74 Å². The Balaban J connectivity index is 1.87. The van der Waals surface area contributed by atoms with Gasteiger partial charge in [-0.25, -0.2) is 4.79 Å². The Hall–Kier alpha value is -2.62. The van der Waals surface area contributed by atoms with Crippen molar-refractivity contribution in [3.63, 3.8) is 0 Å². The van der Waals surface area contributed by atoms with E-state index in [1.807, 2.05) is 31.2 Å². The molecule has 114 valence electrons. The van der Waals surface area contributed by atoms with E-state index in [4.69, 9.17) is 4.74 Å². The molecular weight excluding hydrogens is 278 g/mol. The van der Waals surface area contributed by atoms with Crippen molar-refractivity contribution in [1.29, 1.82) is 0 Å². The van der Waals surface area contributed by atoms with Crippen LogP contribution in [0.3, 0.4) is 0 Å². The van der Waals surface area contributed by atoms with Crippen LogP contribution in [0.4, 0.5) is 0 Å². The van der Waals surface area contributed by atoms with Crippen LogP contribution < -0.4 is 5.32 Å². The average Bonchev–Trinajstić information content (AvgIpc) is 2.59. The van der Waals surface area contributed by atoms with Crippen LogP contribution in [0.1, 0.15) is 34.1 Å². The lowest BCUT2D eigenvalue weighted by Gasteiger charge is -2.17. The molecule has 0 bridgehead atoms. The molecule has 1 N–H and O–H groups in total. The summed E-state index contributed by atoms with van der Waals surface area (Å²) >= 11 is 0. The molecule has 0 unspecified atom stereocenters. The average molecular weight is 297 g/mol. The van der Waals surface area contributed by atoms with E-state index in [0.717, 1.165) is 0 Å². The normalized spacial score (nSPS) is 11.5. The van der Waals surface area contributed by atoms with E-state index < -0.39 is 0 Å². The zero-order valence-corrected chi connectivity index (χ0v) is 12.5. The summed E-state index contributed by atoms with van der Waals surface area (Å²) in [4.78, 5) is 24.0. The molecule has 2 aromatic carbocycles. The zero-order chi connectivity index (χ0) is 15.8. The van der Waals surface area contributed by atoms with Gasteiger partial charge in [0.05, 0.1) is 11.6 Å². The predicted molar refractivity (Wildman–Crippen MR) is 84.7 cm³/mol. The van der Waals surface area contributed by atoms with E-state index in [2.05, 4.69) is 5.32 Å². The molecule has 2 aromatic rings. The van der Waals surface area contributed by atoms with E-state index >= 15 is 0 Å². The van der Waals surface area contributed by atoms with Crippen molar-refractivity contribution in [2.75, 3.05) is 6.61 Å². The topological polar surface area (TPSA) is 55.4 Å². The number of rotatable bonds is 6. The Bertz CT molecular complexity index is 611. The van der Waals surface area contributed by atoms with Gasteiger partial charge in [0.25, 0.3) is 5.91 Å². The molecule has 4 heteroatoms. The number of esters is 1. The van der Waals surface area contributed by atoms with E-state index in [1.54, 1.807) is 36.4 Å². The molecule has 22 heavy (non-hydrogen) atoms. The van der Waals surface area contributed by atoms with E-state index in [-0.39, 0.29) is 24.5 Å². The minimum Gasteiger partial charge on any atom is -0.460 e. The van der Waals surface area contributed by atoms with Gasteiger partial charge < -0.3 is 10.1 Å². The van der Waals surface area contributed by atoms with Gasteiger partial charge in [0.15, 0.2) is 0 Å². The number of benzene rings is 2. The Morgan fingerprint density at radius 3 is 2.05 bits per heavy atom. The summed E-state index contributed by atoms with van der Waals surface area (Å²) in [5.41, 5.74) is 1.10. The first kappa shape index (κ1) is 15.8. The van der Waals surface area contributed by atoms with Crippen LogP contribution in [0, 0.1) is 0 Å². The maximum absolute atomic E-state index is 12.1. The largest absolute Gasteiger partial charge is 0.460 e. The molecule has 0 aliphatic heterocycles. The lowest BCUT2D eigenvalue weighted by atomic mass is 10.2. The minimum absolute atomic E-state index is 0.156. The number of ether oxygens (including phenoxy) is 1. The highest BCUT2D eigenvalue weighted by Gasteiger charge is 2.15. The Kier molecular flexibility index (Phi) is 5.72. The number of carbonyl (C=O) groups excluding carboxylic acids is 2. The molecule has 0 fully saturated rings. The van der Waals surface area contributed by atoms with Gasteiger partial charge in [0.2, 0.25) is 0 Å². The molecule has 0 aliphatic rings. The third-order valence-corrected chi connectivity index (χ3v) is 3.29. The summed E-state index contributed by atoms with van der Waals surface area (Å²) in [6, 6.07) is 17.6. The molecule has 2 rings (SSSR count). The fourth-order valence-corrected chi connectivity index (χ4v) is 1.95. The van der Waals surface area contributed by atoms with Gasteiger partial charge in [-0.15, -0.1) is 0 Å². The molecule has 0 aliphatic carbocycles. The Morgan fingerprint density at radius 1 is 0.955 bits per heavy atom. The molecular formula is C18H19NO3. The molecule has 0 aromatic heterocycles. The van der Waals surface area contributed by atoms with Gasteiger partial charge in [-0.1, -0.05) is 43.3 Å². The fraction of sp³-hybridized carbons (Fsp3) is 0.222. The Morgan fingerprint density at radius 2 is 1.50 bits per heavy atom. The highest BCUT2D eigenvalue weighted by atomic mass is 16.5. The van der Waals surface area contributed by atoms with E-state index in [1.165, 1.54) is 0 Å². The van der Waals surface area contributed by atoms with Crippen molar-refractivity contribution < 1.29 is 14.3 Å². The lowest BCUT2D eigenvalue weighted by molar-refractivity contribution is 0.0454. The number of hydrogen-bond donors (Lipinski definition) is 1. The first-order valence-corrected chi connectivity index (χ1v) is 7.28. The molecule has 0 heterocycles. The lowest BCUT2D eigenvalue weighted by Crippen LogP contribution is -2.38. The Labute approximate surface area is 130 Å². The summed E-state index contributed by atoms with van der Waals surface area (Å²) in [6.07, 6.45) is 0.681. The summed E-state index contributed by atoms with van der Waals surface area (Å²) in [5.74, 6) is -0.545. The summed E-state index contributed by atoms with van der Waals surface area (Å²) < 4.78 is 5.26. The molecule has 0 saturated carbocycles. The summed E-state index contributed by atoms with van der Waals surface area (Å²) in [7, 11) is 0. The van der Waals surface area contributed by atoms with E-state index in [9.17, 15) is 9.59 Å². The molecule has 1 atom stereocenters. The predicted octanol–water partition coefficient (Wildman–Crippen LogP) is 3.05. The van der Waals surface area contributed by atoms with Crippen molar-refractivity contribution in [1.82, 2.24) is 5.32 Å². The third-order valence-electron chi connectivity index (χ3n) is 3.29. The maximum atomic E-state index is 12.1. The number of amides is 1. The smallest absolute Gasteiger partial charge is 0.338 e.